The molecule has 0 aromatic carbocycles. The third kappa shape index (κ3) is 5.96. The number of carbonyl (C=O) groups excluding carboxylic acids is 2. The number of likely N-dealkylation sites (tertiary alicyclic amines) is 1. The van der Waals surface area contributed by atoms with Crippen LogP contribution in [-0.2, 0) is 9.59 Å². The van der Waals surface area contributed by atoms with Crippen LogP contribution in [0, 0.1) is 5.92 Å². The highest BCUT2D eigenvalue weighted by atomic mass is 16.2. The van der Waals surface area contributed by atoms with Crippen molar-refractivity contribution < 1.29 is 9.59 Å². The molecule has 0 saturated carbocycles. The summed E-state index contributed by atoms with van der Waals surface area (Å²) in [6.07, 6.45) is 0.357. The zero-order chi connectivity index (χ0) is 14.8. The first kappa shape index (κ1) is 17.0. The molecule has 1 aliphatic heterocycles. The SMILES string of the molecule is CC1CC(=O)N(CCNCCNCCNCCN)C1=O. The van der Waals surface area contributed by atoms with Gasteiger partial charge in [0.05, 0.1) is 0 Å². The summed E-state index contributed by atoms with van der Waals surface area (Å²) in [7, 11) is 0. The van der Waals surface area contributed by atoms with Crippen LogP contribution in [0.15, 0.2) is 0 Å². The maximum atomic E-state index is 11.7. The topological polar surface area (TPSA) is 99.5 Å². The van der Waals surface area contributed by atoms with E-state index < -0.39 is 0 Å². The minimum absolute atomic E-state index is 0.0408. The van der Waals surface area contributed by atoms with E-state index in [0.717, 1.165) is 32.7 Å². The van der Waals surface area contributed by atoms with Gasteiger partial charge in [0, 0.05) is 64.7 Å². The monoisotopic (exact) mass is 285 g/mol. The molecule has 116 valence electrons. The Labute approximate surface area is 120 Å². The summed E-state index contributed by atoms with van der Waals surface area (Å²) < 4.78 is 0. The van der Waals surface area contributed by atoms with E-state index in [-0.39, 0.29) is 17.7 Å². The molecule has 0 spiro atoms. The molecule has 1 saturated heterocycles. The standard InChI is InChI=1S/C13H27N5O2/c1-11-10-12(19)18(13(11)20)9-8-17-7-6-16-5-4-15-3-2-14/h11,15-17H,2-10,14H2,1H3. The highest BCUT2D eigenvalue weighted by Crippen LogP contribution is 2.17. The summed E-state index contributed by atoms with van der Waals surface area (Å²) in [6.45, 7) is 7.93. The summed E-state index contributed by atoms with van der Waals surface area (Å²) in [4.78, 5) is 24.6. The van der Waals surface area contributed by atoms with Gasteiger partial charge < -0.3 is 21.7 Å². The molecule has 2 amide bonds. The Bertz CT molecular complexity index is 311. The molecule has 1 fully saturated rings. The van der Waals surface area contributed by atoms with Crippen LogP contribution in [0.1, 0.15) is 13.3 Å². The van der Waals surface area contributed by atoms with Gasteiger partial charge in [0.1, 0.15) is 0 Å². The number of hydrogen-bond donors (Lipinski definition) is 4. The van der Waals surface area contributed by atoms with Gasteiger partial charge in [-0.2, -0.15) is 0 Å². The van der Waals surface area contributed by atoms with Crippen molar-refractivity contribution in [3.05, 3.63) is 0 Å². The summed E-state index contributed by atoms with van der Waals surface area (Å²) in [5.41, 5.74) is 5.36. The van der Waals surface area contributed by atoms with Crippen molar-refractivity contribution in [2.75, 3.05) is 52.4 Å². The minimum atomic E-state index is -0.148. The van der Waals surface area contributed by atoms with Crippen LogP contribution >= 0.6 is 0 Å². The van der Waals surface area contributed by atoms with Gasteiger partial charge in [0.25, 0.3) is 0 Å². The highest BCUT2D eigenvalue weighted by molar-refractivity contribution is 6.03. The third-order valence-electron chi connectivity index (χ3n) is 3.26. The van der Waals surface area contributed by atoms with E-state index in [1.807, 2.05) is 0 Å². The fourth-order valence-electron chi connectivity index (χ4n) is 2.10. The molecular formula is C13H27N5O2. The molecule has 7 nitrogen and oxygen atoms in total. The van der Waals surface area contributed by atoms with Crippen molar-refractivity contribution in [2.45, 2.75) is 13.3 Å². The molecule has 0 aromatic heterocycles. The van der Waals surface area contributed by atoms with Crippen LogP contribution in [0.3, 0.4) is 0 Å². The Balaban J connectivity index is 1.92. The molecular weight excluding hydrogens is 258 g/mol. The number of nitrogens with zero attached hydrogens (tertiary/aromatic N) is 1. The summed E-state index contributed by atoms with van der Waals surface area (Å²) in [6, 6.07) is 0. The van der Waals surface area contributed by atoms with E-state index >= 15 is 0 Å². The first-order chi connectivity index (χ1) is 9.66. The van der Waals surface area contributed by atoms with Crippen LogP contribution < -0.4 is 21.7 Å². The Kier molecular flexibility index (Phi) is 8.36. The lowest BCUT2D eigenvalue weighted by Crippen LogP contribution is -2.39. The number of imide groups is 1. The van der Waals surface area contributed by atoms with Gasteiger partial charge in [-0.3, -0.25) is 14.5 Å². The maximum absolute atomic E-state index is 11.7. The van der Waals surface area contributed by atoms with Crippen LogP contribution in [0.2, 0.25) is 0 Å². The molecule has 0 aromatic rings. The first-order valence-electron chi connectivity index (χ1n) is 7.33. The van der Waals surface area contributed by atoms with Crippen molar-refractivity contribution in [1.29, 1.82) is 0 Å². The maximum Gasteiger partial charge on any atom is 0.232 e. The quantitative estimate of drug-likeness (QED) is 0.262. The van der Waals surface area contributed by atoms with Crippen molar-refractivity contribution in [1.82, 2.24) is 20.9 Å². The number of nitrogens with two attached hydrogens (primary N) is 1. The van der Waals surface area contributed by atoms with Crippen LogP contribution in [-0.4, -0.2) is 69.1 Å². The third-order valence-corrected chi connectivity index (χ3v) is 3.26. The van der Waals surface area contributed by atoms with Crippen molar-refractivity contribution in [3.8, 4) is 0 Å². The Morgan fingerprint density at radius 1 is 1.05 bits per heavy atom. The van der Waals surface area contributed by atoms with Crippen LogP contribution in [0.4, 0.5) is 0 Å². The van der Waals surface area contributed by atoms with Crippen molar-refractivity contribution in [2.24, 2.45) is 11.7 Å². The number of carbonyl (C=O) groups is 2. The van der Waals surface area contributed by atoms with E-state index in [1.54, 1.807) is 6.92 Å². The van der Waals surface area contributed by atoms with Crippen LogP contribution in [0.25, 0.3) is 0 Å². The molecule has 20 heavy (non-hydrogen) atoms. The molecule has 1 atom stereocenters. The molecule has 1 heterocycles. The lowest BCUT2D eigenvalue weighted by molar-refractivity contribution is -0.139. The number of amides is 2. The molecule has 1 unspecified atom stereocenters. The second-order valence-corrected chi connectivity index (χ2v) is 5.03. The van der Waals surface area contributed by atoms with Gasteiger partial charge in [-0.15, -0.1) is 0 Å². The highest BCUT2D eigenvalue weighted by Gasteiger charge is 2.34. The van der Waals surface area contributed by atoms with E-state index in [2.05, 4.69) is 16.0 Å². The lowest BCUT2D eigenvalue weighted by Gasteiger charge is -2.14. The van der Waals surface area contributed by atoms with Gasteiger partial charge in [-0.1, -0.05) is 6.92 Å². The molecule has 7 heteroatoms. The van der Waals surface area contributed by atoms with Crippen molar-refractivity contribution in [3.63, 3.8) is 0 Å². The Morgan fingerprint density at radius 2 is 1.60 bits per heavy atom. The molecule has 0 radical (unpaired) electrons. The predicted octanol–water partition coefficient (Wildman–Crippen LogP) is -1.89. The van der Waals surface area contributed by atoms with Gasteiger partial charge >= 0.3 is 0 Å². The molecule has 1 aliphatic rings. The Morgan fingerprint density at radius 3 is 2.10 bits per heavy atom. The van der Waals surface area contributed by atoms with Gasteiger partial charge in [-0.05, 0) is 0 Å². The van der Waals surface area contributed by atoms with Gasteiger partial charge in [0.15, 0.2) is 0 Å². The summed E-state index contributed by atoms with van der Waals surface area (Å²) >= 11 is 0. The first-order valence-corrected chi connectivity index (χ1v) is 7.33. The van der Waals surface area contributed by atoms with Gasteiger partial charge in [0.2, 0.25) is 11.8 Å². The average molecular weight is 285 g/mol. The normalized spacial score (nSPS) is 19.1. The van der Waals surface area contributed by atoms with E-state index in [4.69, 9.17) is 5.73 Å². The fourth-order valence-corrected chi connectivity index (χ4v) is 2.10. The smallest absolute Gasteiger partial charge is 0.232 e. The van der Waals surface area contributed by atoms with Gasteiger partial charge in [-0.25, -0.2) is 0 Å². The lowest BCUT2D eigenvalue weighted by atomic mass is 10.1. The fraction of sp³-hybridized carbons (Fsp3) is 0.846. The summed E-state index contributed by atoms with van der Waals surface area (Å²) in [5, 5.41) is 9.70. The number of nitrogens with one attached hydrogen (secondary N) is 3. The molecule has 0 aliphatic carbocycles. The largest absolute Gasteiger partial charge is 0.329 e. The molecule has 1 rings (SSSR count). The second-order valence-electron chi connectivity index (χ2n) is 5.03. The van der Waals surface area contributed by atoms with E-state index in [1.165, 1.54) is 4.90 Å². The second kappa shape index (κ2) is 9.82. The Hall–Kier alpha value is -1.02. The predicted molar refractivity (Wildman–Crippen MR) is 78.2 cm³/mol. The molecule has 0 bridgehead atoms. The minimum Gasteiger partial charge on any atom is -0.329 e. The van der Waals surface area contributed by atoms with Crippen LogP contribution in [0.5, 0.6) is 0 Å². The van der Waals surface area contributed by atoms with E-state index in [9.17, 15) is 9.59 Å². The van der Waals surface area contributed by atoms with E-state index in [0.29, 0.717) is 26.1 Å². The number of rotatable bonds is 11. The number of hydrogen-bond acceptors (Lipinski definition) is 6. The zero-order valence-electron chi connectivity index (χ0n) is 12.3. The van der Waals surface area contributed by atoms with Crippen molar-refractivity contribution >= 4 is 11.8 Å². The summed E-state index contributed by atoms with van der Waals surface area (Å²) in [5.74, 6) is -0.237. The zero-order valence-corrected chi connectivity index (χ0v) is 12.3. The average Bonchev–Trinajstić information content (AvgIpc) is 2.67. The molecule has 5 N–H and O–H groups in total.